The van der Waals surface area contributed by atoms with Crippen molar-refractivity contribution in [2.75, 3.05) is 5.32 Å². The van der Waals surface area contributed by atoms with Crippen LogP contribution in [-0.2, 0) is 0 Å². The van der Waals surface area contributed by atoms with Crippen LogP contribution in [0, 0.1) is 24.6 Å². The van der Waals surface area contributed by atoms with Crippen LogP contribution in [0.25, 0.3) is 0 Å². The molecule has 1 heterocycles. The van der Waals surface area contributed by atoms with Gasteiger partial charge in [-0.15, -0.1) is 0 Å². The highest BCUT2D eigenvalue weighted by molar-refractivity contribution is 5.38. The fraction of sp³-hybridized carbons (Fsp3) is 0.667. The van der Waals surface area contributed by atoms with Gasteiger partial charge in [0.15, 0.2) is 11.6 Å². The molecule has 1 aliphatic carbocycles. The van der Waals surface area contributed by atoms with Crippen LogP contribution < -0.4 is 5.32 Å². The molecule has 1 saturated carbocycles. The third-order valence-corrected chi connectivity index (χ3v) is 3.75. The minimum Gasteiger partial charge on any atom is -0.365 e. The van der Waals surface area contributed by atoms with Gasteiger partial charge in [-0.05, 0) is 31.6 Å². The Bertz CT molecular complexity index is 381. The predicted octanol–water partition coefficient (Wildman–Crippen LogP) is 2.77. The second-order valence-corrected chi connectivity index (χ2v) is 4.79. The van der Waals surface area contributed by atoms with Gasteiger partial charge >= 0.3 is 0 Å². The van der Waals surface area contributed by atoms with E-state index in [1.807, 2.05) is 0 Å². The van der Waals surface area contributed by atoms with Gasteiger partial charge in [0.05, 0.1) is 5.69 Å². The highest BCUT2D eigenvalue weighted by atomic mass is 19.1. The topological polar surface area (TPSA) is 37.8 Å². The molecule has 0 aliphatic heterocycles. The molecule has 2 rings (SSSR count). The fourth-order valence-electron chi connectivity index (χ4n) is 2.30. The van der Waals surface area contributed by atoms with Crippen LogP contribution in [0.15, 0.2) is 6.33 Å². The van der Waals surface area contributed by atoms with Crippen LogP contribution in [0.1, 0.15) is 32.4 Å². The van der Waals surface area contributed by atoms with E-state index in [2.05, 4.69) is 29.1 Å². The molecular weight excluding hydrogens is 205 g/mol. The lowest BCUT2D eigenvalue weighted by atomic mass is 9.98. The van der Waals surface area contributed by atoms with Gasteiger partial charge in [-0.3, -0.25) is 0 Å². The highest BCUT2D eigenvalue weighted by Gasteiger charge is 2.30. The summed E-state index contributed by atoms with van der Waals surface area (Å²) in [5.74, 6) is 1.28. The molecule has 3 atom stereocenters. The summed E-state index contributed by atoms with van der Waals surface area (Å²) < 4.78 is 13.7. The van der Waals surface area contributed by atoms with E-state index < -0.39 is 0 Å². The fourth-order valence-corrected chi connectivity index (χ4v) is 2.30. The molecule has 0 amide bonds. The number of nitrogens with zero attached hydrogens (tertiary/aromatic N) is 2. The molecule has 0 aromatic carbocycles. The Morgan fingerprint density at radius 2 is 2.06 bits per heavy atom. The Morgan fingerprint density at radius 3 is 2.69 bits per heavy atom. The molecule has 0 saturated heterocycles. The summed E-state index contributed by atoms with van der Waals surface area (Å²) in [5.41, 5.74) is 0.399. The maximum absolute atomic E-state index is 13.7. The first kappa shape index (κ1) is 11.3. The lowest BCUT2D eigenvalue weighted by Crippen LogP contribution is -2.25. The highest BCUT2D eigenvalue weighted by Crippen LogP contribution is 2.33. The molecule has 16 heavy (non-hydrogen) atoms. The molecule has 1 aliphatic rings. The van der Waals surface area contributed by atoms with E-state index in [1.165, 1.54) is 12.7 Å². The second-order valence-electron chi connectivity index (χ2n) is 4.79. The number of hydrogen-bond acceptors (Lipinski definition) is 3. The molecule has 1 aromatic rings. The normalized spacial score (nSPS) is 29.4. The summed E-state index contributed by atoms with van der Waals surface area (Å²) in [6.07, 6.45) is 3.69. The van der Waals surface area contributed by atoms with Gasteiger partial charge in [-0.2, -0.15) is 0 Å². The summed E-state index contributed by atoms with van der Waals surface area (Å²) in [6.45, 7) is 6.11. The molecule has 0 radical (unpaired) electrons. The minimum atomic E-state index is -0.325. The van der Waals surface area contributed by atoms with Crippen LogP contribution in [0.4, 0.5) is 10.2 Å². The Hall–Kier alpha value is -1.19. The first-order valence-electron chi connectivity index (χ1n) is 5.83. The third kappa shape index (κ3) is 2.01. The van der Waals surface area contributed by atoms with Gasteiger partial charge in [0.2, 0.25) is 0 Å². The summed E-state index contributed by atoms with van der Waals surface area (Å²) in [6, 6.07) is 0.332. The minimum absolute atomic E-state index is 0.325. The van der Waals surface area contributed by atoms with Crippen molar-refractivity contribution in [1.29, 1.82) is 0 Å². The Morgan fingerprint density at radius 1 is 1.31 bits per heavy atom. The maximum Gasteiger partial charge on any atom is 0.186 e. The number of nitrogens with one attached hydrogen (secondary N) is 1. The molecule has 0 spiro atoms. The van der Waals surface area contributed by atoms with E-state index in [9.17, 15) is 4.39 Å². The van der Waals surface area contributed by atoms with Crippen molar-refractivity contribution in [3.63, 3.8) is 0 Å². The average Bonchev–Trinajstić information content (AvgIpc) is 2.57. The lowest BCUT2D eigenvalue weighted by molar-refractivity contribution is 0.433. The van der Waals surface area contributed by atoms with E-state index in [1.54, 1.807) is 6.92 Å². The van der Waals surface area contributed by atoms with Crippen molar-refractivity contribution in [2.24, 2.45) is 11.8 Å². The van der Waals surface area contributed by atoms with Gasteiger partial charge in [0, 0.05) is 6.04 Å². The zero-order valence-corrected chi connectivity index (χ0v) is 10.00. The number of anilines is 1. The van der Waals surface area contributed by atoms with Gasteiger partial charge < -0.3 is 5.32 Å². The van der Waals surface area contributed by atoms with Gasteiger partial charge in [-0.1, -0.05) is 13.8 Å². The smallest absolute Gasteiger partial charge is 0.186 e. The quantitative estimate of drug-likeness (QED) is 0.837. The SMILES string of the molecule is Cc1ncnc(NC2CCC(C)C2C)c1F. The number of aryl methyl sites for hydroxylation is 1. The van der Waals surface area contributed by atoms with Crippen LogP contribution >= 0.6 is 0 Å². The van der Waals surface area contributed by atoms with E-state index in [-0.39, 0.29) is 5.82 Å². The summed E-state index contributed by atoms with van der Waals surface area (Å²) in [4.78, 5) is 7.79. The maximum atomic E-state index is 13.7. The number of aromatic nitrogens is 2. The van der Waals surface area contributed by atoms with E-state index >= 15 is 0 Å². The van der Waals surface area contributed by atoms with Gasteiger partial charge in [0.25, 0.3) is 0 Å². The molecule has 88 valence electrons. The monoisotopic (exact) mass is 223 g/mol. The summed E-state index contributed by atoms with van der Waals surface area (Å²) in [5, 5.41) is 3.20. The van der Waals surface area contributed by atoms with Crippen molar-refractivity contribution in [2.45, 2.75) is 39.7 Å². The largest absolute Gasteiger partial charge is 0.365 e. The van der Waals surface area contributed by atoms with Crippen molar-refractivity contribution >= 4 is 5.82 Å². The molecule has 4 heteroatoms. The van der Waals surface area contributed by atoms with Crippen molar-refractivity contribution in [3.05, 3.63) is 17.8 Å². The van der Waals surface area contributed by atoms with E-state index in [4.69, 9.17) is 0 Å². The van der Waals surface area contributed by atoms with Crippen LogP contribution in [-0.4, -0.2) is 16.0 Å². The summed E-state index contributed by atoms with van der Waals surface area (Å²) in [7, 11) is 0. The molecule has 3 nitrogen and oxygen atoms in total. The molecule has 1 aromatic heterocycles. The Balaban J connectivity index is 2.12. The summed E-state index contributed by atoms with van der Waals surface area (Å²) >= 11 is 0. The standard InChI is InChI=1S/C12H18FN3/c1-7-4-5-10(8(7)2)16-12-11(13)9(3)14-6-15-12/h6-8,10H,4-5H2,1-3H3,(H,14,15,16). The van der Waals surface area contributed by atoms with Crippen LogP contribution in [0.5, 0.6) is 0 Å². The van der Waals surface area contributed by atoms with Crippen molar-refractivity contribution in [1.82, 2.24) is 9.97 Å². The zero-order chi connectivity index (χ0) is 11.7. The Kier molecular flexibility index (Phi) is 3.08. The second kappa shape index (κ2) is 4.36. The zero-order valence-electron chi connectivity index (χ0n) is 10.00. The van der Waals surface area contributed by atoms with Crippen LogP contribution in [0.2, 0.25) is 0 Å². The first-order chi connectivity index (χ1) is 7.59. The first-order valence-corrected chi connectivity index (χ1v) is 5.83. The average molecular weight is 223 g/mol. The molecular formula is C12H18FN3. The lowest BCUT2D eigenvalue weighted by Gasteiger charge is -2.20. The van der Waals surface area contributed by atoms with Gasteiger partial charge in [0.1, 0.15) is 6.33 Å². The van der Waals surface area contributed by atoms with Gasteiger partial charge in [-0.25, -0.2) is 14.4 Å². The van der Waals surface area contributed by atoms with Crippen molar-refractivity contribution in [3.8, 4) is 0 Å². The predicted molar refractivity (Wildman–Crippen MR) is 61.7 cm³/mol. The van der Waals surface area contributed by atoms with E-state index in [0.29, 0.717) is 29.4 Å². The van der Waals surface area contributed by atoms with Crippen LogP contribution in [0.3, 0.4) is 0 Å². The van der Waals surface area contributed by atoms with E-state index in [0.717, 1.165) is 6.42 Å². The molecule has 1 fully saturated rings. The molecule has 1 N–H and O–H groups in total. The van der Waals surface area contributed by atoms with Crippen molar-refractivity contribution < 1.29 is 4.39 Å². The third-order valence-electron chi connectivity index (χ3n) is 3.75. The number of rotatable bonds is 2. The number of halogens is 1. The number of hydrogen-bond donors (Lipinski definition) is 1. The molecule has 3 unspecified atom stereocenters. The Labute approximate surface area is 95.5 Å². The molecule has 0 bridgehead atoms.